The second kappa shape index (κ2) is 8.88. The molecule has 0 fully saturated rings. The van der Waals surface area contributed by atoms with E-state index in [9.17, 15) is 27.6 Å². The third kappa shape index (κ3) is 7.67. The van der Waals surface area contributed by atoms with Gasteiger partial charge in [-0.2, -0.15) is 13.2 Å². The van der Waals surface area contributed by atoms with Crippen LogP contribution in [0.2, 0.25) is 0 Å². The summed E-state index contributed by atoms with van der Waals surface area (Å²) < 4.78 is 37.8. The zero-order valence-corrected chi connectivity index (χ0v) is 15.4. The second-order valence-corrected chi connectivity index (χ2v) is 7.09. The summed E-state index contributed by atoms with van der Waals surface area (Å²) in [5.41, 5.74) is -1.08. The Balaban J connectivity index is 2.73. The minimum Gasteiger partial charge on any atom is -0.480 e. The monoisotopic (exact) mass is 388 g/mol. The maximum absolute atomic E-state index is 12.6. The molecule has 0 aliphatic carbocycles. The molecule has 0 radical (unpaired) electrons. The molecule has 27 heavy (non-hydrogen) atoms. The Morgan fingerprint density at radius 3 is 2.07 bits per heavy atom. The molecule has 0 unspecified atom stereocenters. The molecule has 0 spiro atoms. The third-order valence-corrected chi connectivity index (χ3v) is 3.64. The van der Waals surface area contributed by atoms with Crippen molar-refractivity contribution in [2.45, 2.75) is 39.9 Å². The predicted molar refractivity (Wildman–Crippen MR) is 91.6 cm³/mol. The Hall–Kier alpha value is -2.58. The summed E-state index contributed by atoms with van der Waals surface area (Å²) in [6.07, 6.45) is -4.59. The number of carbonyl (C=O) groups excluding carboxylic acids is 2. The van der Waals surface area contributed by atoms with Gasteiger partial charge in [0.25, 0.3) is 0 Å². The van der Waals surface area contributed by atoms with Crippen molar-refractivity contribution in [3.8, 4) is 0 Å². The maximum atomic E-state index is 12.6. The van der Waals surface area contributed by atoms with E-state index in [1.54, 1.807) is 20.8 Å². The van der Waals surface area contributed by atoms with E-state index < -0.39 is 35.6 Å². The number of amides is 2. The number of carbonyl (C=O) groups is 3. The van der Waals surface area contributed by atoms with Crippen molar-refractivity contribution >= 4 is 17.8 Å². The standard InChI is InChI=1S/C18H23F3N2O4/c1-17(2,3)16(27)22-9-8-14(24)23(11-15(25)26)10-12-4-6-13(7-5-12)18(19,20)21/h4-7H,8-11H2,1-3H3,(H,22,27)(H,25,26). The molecular formula is C18H23F3N2O4. The van der Waals surface area contributed by atoms with E-state index in [0.717, 1.165) is 17.0 Å². The molecule has 1 aromatic carbocycles. The Kier molecular flexibility index (Phi) is 7.38. The van der Waals surface area contributed by atoms with Crippen molar-refractivity contribution in [2.75, 3.05) is 13.1 Å². The summed E-state index contributed by atoms with van der Waals surface area (Å²) in [6, 6.07) is 4.16. The van der Waals surface area contributed by atoms with Crippen molar-refractivity contribution in [1.29, 1.82) is 0 Å². The average Bonchev–Trinajstić information content (AvgIpc) is 2.52. The second-order valence-electron chi connectivity index (χ2n) is 7.09. The van der Waals surface area contributed by atoms with Crippen LogP contribution in [0.4, 0.5) is 13.2 Å². The highest BCUT2D eigenvalue weighted by Crippen LogP contribution is 2.29. The van der Waals surface area contributed by atoms with Crippen molar-refractivity contribution in [1.82, 2.24) is 10.2 Å². The van der Waals surface area contributed by atoms with Gasteiger partial charge < -0.3 is 15.3 Å². The van der Waals surface area contributed by atoms with Crippen LogP contribution in [0.5, 0.6) is 0 Å². The van der Waals surface area contributed by atoms with Crippen molar-refractivity contribution in [2.24, 2.45) is 5.41 Å². The lowest BCUT2D eigenvalue weighted by molar-refractivity contribution is -0.145. The Morgan fingerprint density at radius 1 is 1.07 bits per heavy atom. The van der Waals surface area contributed by atoms with E-state index in [4.69, 9.17) is 5.11 Å². The lowest BCUT2D eigenvalue weighted by Crippen LogP contribution is -2.39. The fourth-order valence-electron chi connectivity index (χ4n) is 2.12. The zero-order chi connectivity index (χ0) is 20.8. The van der Waals surface area contributed by atoms with Gasteiger partial charge in [0.2, 0.25) is 11.8 Å². The summed E-state index contributed by atoms with van der Waals surface area (Å²) in [6.45, 7) is 4.45. The predicted octanol–water partition coefficient (Wildman–Crippen LogP) is 2.67. The van der Waals surface area contributed by atoms with Crippen molar-refractivity contribution < 1.29 is 32.7 Å². The average molecular weight is 388 g/mol. The molecule has 0 aliphatic rings. The van der Waals surface area contributed by atoms with E-state index in [-0.39, 0.29) is 25.4 Å². The lowest BCUT2D eigenvalue weighted by Gasteiger charge is -2.22. The number of alkyl halides is 3. The van der Waals surface area contributed by atoms with E-state index in [1.807, 2.05) is 0 Å². The van der Waals surface area contributed by atoms with Gasteiger partial charge in [0, 0.05) is 24.9 Å². The number of nitrogens with zero attached hydrogens (tertiary/aromatic N) is 1. The number of aliphatic carboxylic acids is 1. The van der Waals surface area contributed by atoms with Crippen LogP contribution in [0.3, 0.4) is 0 Å². The van der Waals surface area contributed by atoms with Crippen LogP contribution in [0.25, 0.3) is 0 Å². The number of nitrogens with one attached hydrogen (secondary N) is 1. The van der Waals surface area contributed by atoms with Gasteiger partial charge in [0.15, 0.2) is 0 Å². The van der Waals surface area contributed by atoms with Crippen LogP contribution in [0.1, 0.15) is 38.3 Å². The molecule has 0 aromatic heterocycles. The molecule has 0 saturated carbocycles. The largest absolute Gasteiger partial charge is 0.480 e. The highest BCUT2D eigenvalue weighted by molar-refractivity contribution is 5.83. The molecule has 2 N–H and O–H groups in total. The van der Waals surface area contributed by atoms with E-state index in [0.29, 0.717) is 5.56 Å². The molecular weight excluding hydrogens is 365 g/mol. The van der Waals surface area contributed by atoms with Crippen LogP contribution < -0.4 is 5.32 Å². The summed E-state index contributed by atoms with van der Waals surface area (Å²) in [5, 5.41) is 11.6. The number of rotatable bonds is 7. The topological polar surface area (TPSA) is 86.7 Å². The molecule has 0 saturated heterocycles. The fourth-order valence-corrected chi connectivity index (χ4v) is 2.12. The Bertz CT molecular complexity index is 679. The first-order valence-electron chi connectivity index (χ1n) is 8.24. The van der Waals surface area contributed by atoms with Gasteiger partial charge >= 0.3 is 12.1 Å². The number of halogens is 3. The van der Waals surface area contributed by atoms with Gasteiger partial charge in [-0.15, -0.1) is 0 Å². The number of hydrogen-bond donors (Lipinski definition) is 2. The van der Waals surface area contributed by atoms with Crippen LogP contribution in [-0.4, -0.2) is 40.9 Å². The summed E-state index contributed by atoms with van der Waals surface area (Å²) in [5.74, 6) is -2.01. The van der Waals surface area contributed by atoms with Gasteiger partial charge in [0.05, 0.1) is 5.56 Å². The molecule has 0 atom stereocenters. The maximum Gasteiger partial charge on any atom is 0.416 e. The molecule has 1 rings (SSSR count). The minimum atomic E-state index is -4.47. The minimum absolute atomic E-state index is 0.0397. The van der Waals surface area contributed by atoms with Crippen LogP contribution in [0, 0.1) is 5.41 Å². The smallest absolute Gasteiger partial charge is 0.416 e. The molecule has 150 valence electrons. The van der Waals surface area contributed by atoms with Crippen molar-refractivity contribution in [3.05, 3.63) is 35.4 Å². The number of carboxylic acid groups (broad SMARTS) is 1. The number of carboxylic acids is 1. The molecule has 0 bridgehead atoms. The molecule has 0 aliphatic heterocycles. The highest BCUT2D eigenvalue weighted by Gasteiger charge is 2.30. The molecule has 9 heteroatoms. The van der Waals surface area contributed by atoms with Crippen LogP contribution in [-0.2, 0) is 27.1 Å². The van der Waals surface area contributed by atoms with Crippen LogP contribution in [0.15, 0.2) is 24.3 Å². The Labute approximate surface area is 155 Å². The van der Waals surface area contributed by atoms with E-state index in [1.165, 1.54) is 12.1 Å². The summed E-state index contributed by atoms with van der Waals surface area (Å²) in [7, 11) is 0. The Morgan fingerprint density at radius 2 is 1.63 bits per heavy atom. The number of hydrogen-bond acceptors (Lipinski definition) is 3. The SMILES string of the molecule is CC(C)(C)C(=O)NCCC(=O)N(CC(=O)O)Cc1ccc(C(F)(F)F)cc1. The first kappa shape index (κ1) is 22.5. The third-order valence-electron chi connectivity index (χ3n) is 3.64. The van der Waals surface area contributed by atoms with E-state index >= 15 is 0 Å². The van der Waals surface area contributed by atoms with Gasteiger partial charge in [-0.05, 0) is 17.7 Å². The van der Waals surface area contributed by atoms with Crippen molar-refractivity contribution in [3.63, 3.8) is 0 Å². The quantitative estimate of drug-likeness (QED) is 0.752. The van der Waals surface area contributed by atoms with Gasteiger partial charge in [-0.1, -0.05) is 32.9 Å². The number of benzene rings is 1. The van der Waals surface area contributed by atoms with Gasteiger partial charge in [-0.25, -0.2) is 0 Å². The highest BCUT2D eigenvalue weighted by atomic mass is 19.4. The summed E-state index contributed by atoms with van der Waals surface area (Å²) >= 11 is 0. The molecule has 0 heterocycles. The lowest BCUT2D eigenvalue weighted by atomic mass is 9.96. The molecule has 2 amide bonds. The van der Waals surface area contributed by atoms with Gasteiger partial charge in [-0.3, -0.25) is 14.4 Å². The fraction of sp³-hybridized carbons (Fsp3) is 0.500. The van der Waals surface area contributed by atoms with Crippen LogP contribution >= 0.6 is 0 Å². The van der Waals surface area contributed by atoms with E-state index in [2.05, 4.69) is 5.32 Å². The molecule has 6 nitrogen and oxygen atoms in total. The normalized spacial score (nSPS) is 11.8. The zero-order valence-electron chi connectivity index (χ0n) is 15.4. The first-order valence-corrected chi connectivity index (χ1v) is 8.24. The first-order chi connectivity index (χ1) is 12.3. The molecule has 1 aromatic rings. The summed E-state index contributed by atoms with van der Waals surface area (Å²) in [4.78, 5) is 36.1. The van der Waals surface area contributed by atoms with Gasteiger partial charge in [0.1, 0.15) is 6.54 Å².